The summed E-state index contributed by atoms with van der Waals surface area (Å²) in [6.45, 7) is 7.10. The highest BCUT2D eigenvalue weighted by Crippen LogP contribution is 2.26. The fourth-order valence-electron chi connectivity index (χ4n) is 4.71. The van der Waals surface area contributed by atoms with Crippen LogP contribution in [0.5, 0.6) is 0 Å². The van der Waals surface area contributed by atoms with Crippen LogP contribution in [-0.2, 0) is 36.8 Å². The number of benzene rings is 2. The first kappa shape index (κ1) is 31.3. The van der Waals surface area contributed by atoms with Gasteiger partial charge < -0.3 is 30.4 Å². The second-order valence-electron chi connectivity index (χ2n) is 11.2. The quantitative estimate of drug-likeness (QED) is 0.298. The number of aryl methyl sites for hydroxylation is 1. The van der Waals surface area contributed by atoms with Crippen LogP contribution in [0.2, 0.25) is 0 Å². The molecule has 3 amide bonds. The molecule has 10 nitrogen and oxygen atoms in total. The molecule has 1 aliphatic heterocycles. The summed E-state index contributed by atoms with van der Waals surface area (Å²) in [5.41, 5.74) is 2.28. The van der Waals surface area contributed by atoms with E-state index in [1.54, 1.807) is 27.7 Å². The van der Waals surface area contributed by atoms with Crippen LogP contribution in [0, 0.1) is 11.3 Å². The number of amides is 3. The van der Waals surface area contributed by atoms with Gasteiger partial charge in [-0.2, -0.15) is 0 Å². The number of methoxy groups -OCH3 is 1. The first-order chi connectivity index (χ1) is 19.4. The van der Waals surface area contributed by atoms with Gasteiger partial charge in [0, 0.05) is 18.8 Å². The van der Waals surface area contributed by atoms with Gasteiger partial charge >= 0.3 is 12.1 Å². The molecule has 0 aromatic heterocycles. The van der Waals surface area contributed by atoms with Crippen LogP contribution in [0.25, 0.3) is 0 Å². The Morgan fingerprint density at radius 2 is 1.68 bits per heavy atom. The second kappa shape index (κ2) is 13.9. The average Bonchev–Trinajstić information content (AvgIpc) is 3.38. The maximum absolute atomic E-state index is 13.9. The molecular formula is C31H40N4O6. The van der Waals surface area contributed by atoms with Gasteiger partial charge in [0.15, 0.2) is 0 Å². The van der Waals surface area contributed by atoms with Gasteiger partial charge in [0.1, 0.15) is 17.7 Å². The maximum Gasteiger partial charge on any atom is 0.408 e. The summed E-state index contributed by atoms with van der Waals surface area (Å²) < 4.78 is 10.3. The number of esters is 1. The predicted octanol–water partition coefficient (Wildman–Crippen LogP) is 3.61. The molecule has 0 saturated carbocycles. The van der Waals surface area contributed by atoms with Gasteiger partial charge in [-0.3, -0.25) is 14.4 Å². The molecule has 2 aromatic carbocycles. The van der Waals surface area contributed by atoms with Gasteiger partial charge in [0.05, 0.1) is 13.0 Å². The summed E-state index contributed by atoms with van der Waals surface area (Å²) in [6.07, 6.45) is 0.142. The Kier molecular flexibility index (Phi) is 10.6. The molecule has 3 rings (SSSR count). The number of likely N-dealkylation sites (tertiary alicyclic amines) is 1. The van der Waals surface area contributed by atoms with Crippen LogP contribution in [0.4, 0.5) is 4.79 Å². The molecule has 3 atom stereocenters. The van der Waals surface area contributed by atoms with E-state index in [9.17, 15) is 19.2 Å². The van der Waals surface area contributed by atoms with Crippen molar-refractivity contribution in [3.05, 3.63) is 71.3 Å². The molecule has 0 radical (unpaired) electrons. The Bertz CT molecular complexity index is 1240. The largest absolute Gasteiger partial charge is 0.469 e. The van der Waals surface area contributed by atoms with Crippen LogP contribution < -0.4 is 10.6 Å². The number of hydrogen-bond donors (Lipinski definition) is 3. The molecule has 10 heteroatoms. The minimum Gasteiger partial charge on any atom is -0.469 e. The van der Waals surface area contributed by atoms with Gasteiger partial charge in [-0.25, -0.2) is 4.79 Å². The molecule has 220 valence electrons. The topological polar surface area (TPSA) is 138 Å². The van der Waals surface area contributed by atoms with E-state index in [1.165, 1.54) is 12.0 Å². The van der Waals surface area contributed by atoms with E-state index >= 15 is 0 Å². The molecule has 1 saturated heterocycles. The molecule has 0 bridgehead atoms. The third-order valence-electron chi connectivity index (χ3n) is 6.83. The van der Waals surface area contributed by atoms with Crippen LogP contribution in [0.3, 0.4) is 0 Å². The van der Waals surface area contributed by atoms with E-state index in [2.05, 4.69) is 10.6 Å². The third kappa shape index (κ3) is 9.16. The van der Waals surface area contributed by atoms with E-state index < -0.39 is 47.5 Å². The molecule has 0 unspecified atom stereocenters. The van der Waals surface area contributed by atoms with E-state index in [0.717, 1.165) is 16.7 Å². The first-order valence-corrected chi connectivity index (χ1v) is 13.7. The number of nitrogens with zero attached hydrogens (tertiary/aromatic N) is 1. The maximum atomic E-state index is 13.9. The Labute approximate surface area is 241 Å². The summed E-state index contributed by atoms with van der Waals surface area (Å²) >= 11 is 0. The predicted molar refractivity (Wildman–Crippen MR) is 154 cm³/mol. The van der Waals surface area contributed by atoms with Gasteiger partial charge in [0.2, 0.25) is 11.8 Å². The lowest BCUT2D eigenvalue weighted by molar-refractivity contribution is -0.145. The lowest BCUT2D eigenvalue weighted by Crippen LogP contribution is -2.54. The summed E-state index contributed by atoms with van der Waals surface area (Å²) in [4.78, 5) is 53.8. The van der Waals surface area contributed by atoms with E-state index in [4.69, 9.17) is 14.9 Å². The third-order valence-corrected chi connectivity index (χ3v) is 6.83. The Hall–Kier alpha value is -4.21. The summed E-state index contributed by atoms with van der Waals surface area (Å²) in [6, 6.07) is 14.9. The zero-order valence-electron chi connectivity index (χ0n) is 24.4. The highest BCUT2D eigenvalue weighted by molar-refractivity contribution is 5.96. The Balaban J connectivity index is 1.79. The molecule has 0 aliphatic carbocycles. The van der Waals surface area contributed by atoms with Gasteiger partial charge in [-0.1, -0.05) is 54.6 Å². The van der Waals surface area contributed by atoms with Crippen molar-refractivity contribution in [3.63, 3.8) is 0 Å². The number of carbonyl (C=O) groups is 4. The summed E-state index contributed by atoms with van der Waals surface area (Å²) in [7, 11) is 1.27. The van der Waals surface area contributed by atoms with Gasteiger partial charge in [0.25, 0.3) is 0 Å². The Morgan fingerprint density at radius 3 is 2.27 bits per heavy atom. The highest BCUT2D eigenvalue weighted by atomic mass is 16.6. The van der Waals surface area contributed by atoms with Gasteiger partial charge in [-0.05, 0) is 63.6 Å². The van der Waals surface area contributed by atoms with Crippen molar-refractivity contribution in [1.82, 2.24) is 15.5 Å². The van der Waals surface area contributed by atoms with Crippen LogP contribution in [-0.4, -0.2) is 65.8 Å². The number of alkyl carbamates (subject to hydrolysis) is 1. The first-order valence-electron chi connectivity index (χ1n) is 13.7. The van der Waals surface area contributed by atoms with Crippen LogP contribution in [0.15, 0.2) is 54.6 Å². The van der Waals surface area contributed by atoms with Crippen molar-refractivity contribution >= 4 is 29.6 Å². The minimum atomic E-state index is -0.978. The molecule has 1 fully saturated rings. The molecule has 0 spiro atoms. The normalized spacial score (nSPS) is 17.3. The lowest BCUT2D eigenvalue weighted by Gasteiger charge is -2.29. The fraction of sp³-hybridized carbons (Fsp3) is 0.452. The number of ether oxygens (including phenoxy) is 2. The number of carbonyl (C=O) groups excluding carboxylic acids is 4. The zero-order chi connectivity index (χ0) is 30.2. The lowest BCUT2D eigenvalue weighted by atomic mass is 10.0. The molecule has 1 heterocycles. The molecule has 1 aliphatic rings. The monoisotopic (exact) mass is 564 g/mol. The molecule has 3 N–H and O–H groups in total. The SMILES string of the molecule is COC(=O)[C@@H]1C[C@@H](C(=O)NCc2ccc(C(C)=N)cc2)N(C(=O)[C@@H](CCc2ccccc2)NC(=O)OC(C)(C)C)C1. The molecular weight excluding hydrogens is 524 g/mol. The minimum absolute atomic E-state index is 0.00522. The standard InChI is InChI=1S/C31H40N4O6/c1-20(32)23-14-11-22(12-15-23)18-33-27(36)26-17-24(29(38)40-5)19-35(26)28(37)25(34-30(39)41-31(2,3)4)16-13-21-9-7-6-8-10-21/h6-12,14-15,24-26,32H,13,16-19H2,1-5H3,(H,33,36)(H,34,39)/t24-,25-,26+/m1/s1. The van der Waals surface area contributed by atoms with E-state index in [-0.39, 0.29) is 25.9 Å². The number of hydrogen-bond acceptors (Lipinski definition) is 7. The summed E-state index contributed by atoms with van der Waals surface area (Å²) in [5, 5.41) is 13.3. The van der Waals surface area contributed by atoms with Crippen molar-refractivity contribution in [2.75, 3.05) is 13.7 Å². The van der Waals surface area contributed by atoms with Gasteiger partial charge in [-0.15, -0.1) is 0 Å². The molecule has 2 aromatic rings. The van der Waals surface area contributed by atoms with Crippen LogP contribution >= 0.6 is 0 Å². The van der Waals surface area contributed by atoms with E-state index in [1.807, 2.05) is 54.6 Å². The Morgan fingerprint density at radius 1 is 1.02 bits per heavy atom. The smallest absolute Gasteiger partial charge is 0.408 e. The number of rotatable bonds is 10. The van der Waals surface area contributed by atoms with Crippen molar-refractivity contribution in [3.8, 4) is 0 Å². The van der Waals surface area contributed by atoms with Crippen LogP contribution in [0.1, 0.15) is 57.2 Å². The summed E-state index contributed by atoms with van der Waals surface area (Å²) in [5.74, 6) is -2.05. The highest BCUT2D eigenvalue weighted by Gasteiger charge is 2.44. The average molecular weight is 565 g/mol. The van der Waals surface area contributed by atoms with Crippen molar-refractivity contribution in [2.24, 2.45) is 5.92 Å². The van der Waals surface area contributed by atoms with E-state index in [0.29, 0.717) is 12.1 Å². The fourth-order valence-corrected chi connectivity index (χ4v) is 4.71. The number of nitrogens with one attached hydrogen (secondary N) is 3. The van der Waals surface area contributed by atoms with Crippen molar-refractivity contribution < 1.29 is 28.7 Å². The zero-order valence-corrected chi connectivity index (χ0v) is 24.4. The molecule has 41 heavy (non-hydrogen) atoms. The van der Waals surface area contributed by atoms with Crippen molar-refractivity contribution in [1.29, 1.82) is 5.41 Å². The van der Waals surface area contributed by atoms with Crippen molar-refractivity contribution in [2.45, 2.75) is 71.2 Å². The second-order valence-corrected chi connectivity index (χ2v) is 11.2.